The number of alkyl halides is 1. The second-order valence-electron chi connectivity index (χ2n) is 5.31. The Labute approximate surface area is 131 Å². The van der Waals surface area contributed by atoms with Crippen LogP contribution >= 0.6 is 23.2 Å². The van der Waals surface area contributed by atoms with E-state index in [1.54, 1.807) is 12.1 Å². The van der Waals surface area contributed by atoms with Crippen LogP contribution < -0.4 is 0 Å². The van der Waals surface area contributed by atoms with E-state index >= 15 is 0 Å². The summed E-state index contributed by atoms with van der Waals surface area (Å²) in [7, 11) is -3.34. The molecule has 1 atom stereocenters. The van der Waals surface area contributed by atoms with Crippen molar-refractivity contribution in [2.75, 3.05) is 11.6 Å². The first-order valence-electron chi connectivity index (χ1n) is 6.56. The van der Waals surface area contributed by atoms with Crippen LogP contribution in [-0.2, 0) is 16.6 Å². The van der Waals surface area contributed by atoms with E-state index in [1.807, 2.05) is 32.9 Å². The summed E-state index contributed by atoms with van der Waals surface area (Å²) in [4.78, 5) is 0. The summed E-state index contributed by atoms with van der Waals surface area (Å²) in [5.74, 6) is 0.333. The maximum atomic E-state index is 12.5. The van der Waals surface area contributed by atoms with Crippen molar-refractivity contribution >= 4 is 33.2 Å². The summed E-state index contributed by atoms with van der Waals surface area (Å²) in [5.41, 5.74) is 0.883. The largest absolute Gasteiger partial charge is 0.214 e. The third kappa shape index (κ3) is 5.24. The number of rotatable bonds is 7. The summed E-state index contributed by atoms with van der Waals surface area (Å²) in [6, 6.07) is 7.15. The summed E-state index contributed by atoms with van der Waals surface area (Å²) < 4.78 is 26.4. The zero-order valence-corrected chi connectivity index (χ0v) is 14.3. The van der Waals surface area contributed by atoms with Gasteiger partial charge in [-0.3, -0.25) is 0 Å². The number of benzene rings is 1. The monoisotopic (exact) mass is 337 g/mol. The van der Waals surface area contributed by atoms with Gasteiger partial charge in [0, 0.05) is 23.5 Å². The first kappa shape index (κ1) is 17.8. The van der Waals surface area contributed by atoms with Gasteiger partial charge in [0.2, 0.25) is 10.0 Å². The van der Waals surface area contributed by atoms with Gasteiger partial charge < -0.3 is 0 Å². The molecule has 0 amide bonds. The second-order valence-corrected chi connectivity index (χ2v) is 8.02. The van der Waals surface area contributed by atoms with Crippen molar-refractivity contribution in [2.45, 2.75) is 33.4 Å². The van der Waals surface area contributed by atoms with E-state index in [1.165, 1.54) is 4.31 Å². The molecule has 0 aromatic heterocycles. The fourth-order valence-corrected chi connectivity index (χ4v) is 4.39. The van der Waals surface area contributed by atoms with Gasteiger partial charge in [0.1, 0.15) is 0 Å². The van der Waals surface area contributed by atoms with E-state index in [-0.39, 0.29) is 17.7 Å². The van der Waals surface area contributed by atoms with E-state index in [9.17, 15) is 8.42 Å². The minimum Gasteiger partial charge on any atom is -0.212 e. The normalized spacial score (nSPS) is 13.9. The summed E-state index contributed by atoms with van der Waals surface area (Å²) in [6.07, 6.45) is 0. The minimum atomic E-state index is -3.34. The quantitative estimate of drug-likeness (QED) is 0.710. The molecule has 1 aromatic carbocycles. The number of hydrogen-bond donors (Lipinski definition) is 0. The Kier molecular flexibility index (Phi) is 6.79. The molecule has 3 nitrogen and oxygen atoms in total. The van der Waals surface area contributed by atoms with Crippen molar-refractivity contribution in [3.8, 4) is 0 Å². The SMILES string of the molecule is CC(CCl)CS(=O)(=O)N(Cc1cccc(Cl)c1)C(C)C. The standard InChI is InChI=1S/C14H21Cl2NO2S/c1-11(2)17(20(18,19)10-12(3)8-15)9-13-5-4-6-14(16)7-13/h4-7,11-12H,8-10H2,1-3H3. The number of nitrogens with zero attached hydrogens (tertiary/aromatic N) is 1. The molecule has 0 aliphatic heterocycles. The molecule has 0 aliphatic rings. The van der Waals surface area contributed by atoms with Crippen molar-refractivity contribution in [2.24, 2.45) is 5.92 Å². The zero-order chi connectivity index (χ0) is 15.3. The highest BCUT2D eigenvalue weighted by Crippen LogP contribution is 2.18. The molecule has 20 heavy (non-hydrogen) atoms. The Balaban J connectivity index is 2.94. The van der Waals surface area contributed by atoms with E-state index in [0.717, 1.165) is 5.56 Å². The lowest BCUT2D eigenvalue weighted by atomic mass is 10.2. The van der Waals surface area contributed by atoms with E-state index in [2.05, 4.69) is 0 Å². The van der Waals surface area contributed by atoms with Crippen molar-refractivity contribution in [3.63, 3.8) is 0 Å². The number of halogens is 2. The van der Waals surface area contributed by atoms with Crippen LogP contribution in [0.5, 0.6) is 0 Å². The van der Waals surface area contributed by atoms with Crippen LogP contribution in [0.1, 0.15) is 26.3 Å². The highest BCUT2D eigenvalue weighted by Gasteiger charge is 2.26. The lowest BCUT2D eigenvalue weighted by Gasteiger charge is -2.27. The zero-order valence-electron chi connectivity index (χ0n) is 12.0. The second kappa shape index (κ2) is 7.64. The highest BCUT2D eigenvalue weighted by molar-refractivity contribution is 7.89. The van der Waals surface area contributed by atoms with E-state index < -0.39 is 10.0 Å². The van der Waals surface area contributed by atoms with Crippen molar-refractivity contribution in [1.82, 2.24) is 4.31 Å². The van der Waals surface area contributed by atoms with Crippen molar-refractivity contribution < 1.29 is 8.42 Å². The molecule has 6 heteroatoms. The lowest BCUT2D eigenvalue weighted by Crippen LogP contribution is -2.39. The Hall–Kier alpha value is -0.290. The molecular formula is C14H21Cl2NO2S. The first-order valence-corrected chi connectivity index (χ1v) is 9.08. The lowest BCUT2D eigenvalue weighted by molar-refractivity contribution is 0.346. The van der Waals surface area contributed by atoms with Crippen LogP contribution in [0.3, 0.4) is 0 Å². The molecule has 0 radical (unpaired) electrons. The Bertz CT molecular complexity index is 532. The average Bonchev–Trinajstić information content (AvgIpc) is 2.34. The molecule has 1 rings (SSSR count). The van der Waals surface area contributed by atoms with Gasteiger partial charge in [-0.15, -0.1) is 11.6 Å². The van der Waals surface area contributed by atoms with Gasteiger partial charge in [0.25, 0.3) is 0 Å². The van der Waals surface area contributed by atoms with Crippen LogP contribution in [0.15, 0.2) is 24.3 Å². The molecule has 114 valence electrons. The van der Waals surface area contributed by atoms with Gasteiger partial charge in [-0.2, -0.15) is 4.31 Å². The van der Waals surface area contributed by atoms with Crippen LogP contribution in [0.4, 0.5) is 0 Å². The summed E-state index contributed by atoms with van der Waals surface area (Å²) >= 11 is 11.7. The van der Waals surface area contributed by atoms with E-state index in [4.69, 9.17) is 23.2 Å². The third-order valence-electron chi connectivity index (χ3n) is 2.92. The topological polar surface area (TPSA) is 37.4 Å². The molecule has 0 saturated carbocycles. The van der Waals surface area contributed by atoms with Crippen molar-refractivity contribution in [3.05, 3.63) is 34.9 Å². The summed E-state index contributed by atoms with van der Waals surface area (Å²) in [5, 5.41) is 0.609. The van der Waals surface area contributed by atoms with Crippen LogP contribution in [0.2, 0.25) is 5.02 Å². The van der Waals surface area contributed by atoms with Gasteiger partial charge in [0.15, 0.2) is 0 Å². The Morgan fingerprint density at radius 2 is 1.90 bits per heavy atom. The smallest absolute Gasteiger partial charge is 0.212 e. The van der Waals surface area contributed by atoms with Gasteiger partial charge in [-0.25, -0.2) is 8.42 Å². The fourth-order valence-electron chi connectivity index (χ4n) is 1.92. The molecule has 0 spiro atoms. The maximum absolute atomic E-state index is 12.5. The summed E-state index contributed by atoms with van der Waals surface area (Å²) in [6.45, 7) is 5.90. The first-order chi connectivity index (χ1) is 9.26. The number of hydrogen-bond acceptors (Lipinski definition) is 2. The molecule has 1 aromatic rings. The molecular weight excluding hydrogens is 317 g/mol. The minimum absolute atomic E-state index is 0.0647. The molecule has 0 saturated heterocycles. The molecule has 0 bridgehead atoms. The van der Waals surface area contributed by atoms with Gasteiger partial charge in [-0.05, 0) is 37.5 Å². The van der Waals surface area contributed by atoms with E-state index in [0.29, 0.717) is 17.4 Å². The van der Waals surface area contributed by atoms with Gasteiger partial charge >= 0.3 is 0 Å². The van der Waals surface area contributed by atoms with Crippen molar-refractivity contribution in [1.29, 1.82) is 0 Å². The number of sulfonamides is 1. The Morgan fingerprint density at radius 1 is 1.25 bits per heavy atom. The van der Waals surface area contributed by atoms with Gasteiger partial charge in [-0.1, -0.05) is 30.7 Å². The Morgan fingerprint density at radius 3 is 2.40 bits per heavy atom. The van der Waals surface area contributed by atoms with Crippen LogP contribution in [0.25, 0.3) is 0 Å². The third-order valence-corrected chi connectivity index (χ3v) is 5.94. The molecule has 0 aliphatic carbocycles. The molecule has 0 heterocycles. The maximum Gasteiger partial charge on any atom is 0.214 e. The fraction of sp³-hybridized carbons (Fsp3) is 0.571. The van der Waals surface area contributed by atoms with Crippen LogP contribution in [0, 0.1) is 5.92 Å². The predicted octanol–water partition coefficient (Wildman–Crippen LogP) is 3.76. The van der Waals surface area contributed by atoms with Gasteiger partial charge in [0.05, 0.1) is 5.75 Å². The predicted molar refractivity (Wildman–Crippen MR) is 85.8 cm³/mol. The van der Waals surface area contributed by atoms with Crippen LogP contribution in [-0.4, -0.2) is 30.4 Å². The molecule has 0 fully saturated rings. The average molecular weight is 338 g/mol. The highest BCUT2D eigenvalue weighted by atomic mass is 35.5. The molecule has 0 N–H and O–H groups in total. The molecule has 1 unspecified atom stereocenters.